The molecule has 1 aliphatic carbocycles. The fraction of sp³-hybridized carbons (Fsp3) is 0.643. The van der Waals surface area contributed by atoms with Gasteiger partial charge in [-0.2, -0.15) is 5.10 Å². The predicted molar refractivity (Wildman–Crippen MR) is 135 cm³/mol. The lowest BCUT2D eigenvalue weighted by Crippen LogP contribution is -2.49. The van der Waals surface area contributed by atoms with Gasteiger partial charge in [-0.05, 0) is 64.6 Å². The van der Waals surface area contributed by atoms with Crippen LogP contribution in [-0.4, -0.2) is 52.9 Å². The monoisotopic (exact) mass is 478 g/mol. The van der Waals surface area contributed by atoms with E-state index in [-0.39, 0.29) is 11.5 Å². The molecule has 188 valence electrons. The molecule has 1 amide bonds. The van der Waals surface area contributed by atoms with Crippen molar-refractivity contribution in [1.82, 2.24) is 20.0 Å². The Bertz CT molecular complexity index is 1160. The second-order valence-corrected chi connectivity index (χ2v) is 11.8. The van der Waals surface area contributed by atoms with Crippen molar-refractivity contribution in [2.45, 2.75) is 77.0 Å². The van der Waals surface area contributed by atoms with Crippen LogP contribution in [0.3, 0.4) is 0 Å². The average Bonchev–Trinajstić information content (AvgIpc) is 3.46. The zero-order chi connectivity index (χ0) is 24.5. The van der Waals surface area contributed by atoms with E-state index in [9.17, 15) is 4.79 Å². The van der Waals surface area contributed by atoms with Gasteiger partial charge in [0.1, 0.15) is 22.8 Å². The summed E-state index contributed by atoms with van der Waals surface area (Å²) in [6, 6.07) is 6.42. The molecule has 35 heavy (non-hydrogen) atoms. The molecule has 0 radical (unpaired) electrons. The fourth-order valence-corrected chi connectivity index (χ4v) is 6.67. The fourth-order valence-electron chi connectivity index (χ4n) is 6.67. The van der Waals surface area contributed by atoms with E-state index in [2.05, 4.69) is 48.7 Å². The van der Waals surface area contributed by atoms with Gasteiger partial charge in [-0.15, -0.1) is 0 Å². The van der Waals surface area contributed by atoms with Gasteiger partial charge in [0.15, 0.2) is 0 Å². The van der Waals surface area contributed by atoms with Crippen LogP contribution in [0.25, 0.3) is 11.3 Å². The average molecular weight is 479 g/mol. The van der Waals surface area contributed by atoms with Crippen molar-refractivity contribution in [1.29, 1.82) is 0 Å². The van der Waals surface area contributed by atoms with Gasteiger partial charge in [0.05, 0.1) is 13.2 Å². The van der Waals surface area contributed by atoms with Gasteiger partial charge >= 0.3 is 0 Å². The van der Waals surface area contributed by atoms with Gasteiger partial charge in [0.25, 0.3) is 0 Å². The number of ether oxygens (including phenoxy) is 2. The van der Waals surface area contributed by atoms with Crippen molar-refractivity contribution in [3.8, 4) is 22.8 Å². The number of nitrogens with zero attached hydrogens (tertiary/aromatic N) is 3. The van der Waals surface area contributed by atoms with Crippen LogP contribution < -0.4 is 14.8 Å². The number of rotatable bonds is 3. The van der Waals surface area contributed by atoms with Gasteiger partial charge in [-0.25, -0.2) is 0 Å². The van der Waals surface area contributed by atoms with Gasteiger partial charge in [0.2, 0.25) is 5.91 Å². The third-order valence-electron chi connectivity index (χ3n) is 8.84. The summed E-state index contributed by atoms with van der Waals surface area (Å²) in [5, 5.41) is 8.92. The first kappa shape index (κ1) is 22.9. The molecule has 1 aromatic heterocycles. The van der Waals surface area contributed by atoms with Crippen molar-refractivity contribution in [2.75, 3.05) is 26.7 Å². The second-order valence-electron chi connectivity index (χ2n) is 11.8. The Kier molecular flexibility index (Phi) is 5.22. The Hall–Kier alpha value is -2.54. The number of benzene rings is 1. The third kappa shape index (κ3) is 3.74. The highest BCUT2D eigenvalue weighted by atomic mass is 16.5. The minimum absolute atomic E-state index is 0.0902. The summed E-state index contributed by atoms with van der Waals surface area (Å²) in [7, 11) is 1.69. The number of hydrogen-bond acceptors (Lipinski definition) is 5. The van der Waals surface area contributed by atoms with E-state index in [4.69, 9.17) is 14.6 Å². The van der Waals surface area contributed by atoms with Gasteiger partial charge in [-0.3, -0.25) is 9.48 Å². The van der Waals surface area contributed by atoms with Crippen molar-refractivity contribution in [3.63, 3.8) is 0 Å². The number of likely N-dealkylation sites (tertiary alicyclic amines) is 1. The molecule has 6 rings (SSSR count). The second kappa shape index (κ2) is 7.99. The molecule has 0 bridgehead atoms. The Morgan fingerprint density at radius 2 is 2.00 bits per heavy atom. The molecule has 3 aliphatic heterocycles. The molecule has 1 saturated carbocycles. The first-order valence-electron chi connectivity index (χ1n) is 13.2. The molecule has 1 aromatic carbocycles. The van der Waals surface area contributed by atoms with E-state index in [0.29, 0.717) is 17.9 Å². The topological polar surface area (TPSA) is 68.6 Å². The van der Waals surface area contributed by atoms with Crippen LogP contribution in [0.1, 0.15) is 70.2 Å². The molecule has 1 spiro atoms. The van der Waals surface area contributed by atoms with Crippen molar-refractivity contribution >= 4 is 5.91 Å². The van der Waals surface area contributed by atoms with Crippen LogP contribution in [0.2, 0.25) is 0 Å². The molecule has 1 N–H and O–H groups in total. The highest BCUT2D eigenvalue weighted by Crippen LogP contribution is 2.52. The van der Waals surface area contributed by atoms with Gasteiger partial charge in [-0.1, -0.05) is 6.92 Å². The maximum atomic E-state index is 13.0. The molecule has 7 heteroatoms. The Balaban J connectivity index is 1.39. The number of nitrogens with one attached hydrogen (secondary N) is 1. The van der Waals surface area contributed by atoms with E-state index >= 15 is 0 Å². The summed E-state index contributed by atoms with van der Waals surface area (Å²) in [6.07, 6.45) is 4.71. The van der Waals surface area contributed by atoms with Crippen LogP contribution >= 0.6 is 0 Å². The number of amides is 1. The largest absolute Gasteiger partial charge is 0.497 e. The third-order valence-corrected chi connectivity index (χ3v) is 8.84. The lowest BCUT2D eigenvalue weighted by atomic mass is 9.79. The van der Waals surface area contributed by atoms with Crippen molar-refractivity contribution in [3.05, 3.63) is 29.5 Å². The molecular formula is C28H38N4O3. The lowest BCUT2D eigenvalue weighted by molar-refractivity contribution is -0.136. The SMILES string of the molecule is COc1ccc2c(c1)OC1(CCN(C(=O)[C@H]3C[C@@H]3C)CC1)c1c-2nn(C2CCNC(C)(C)C2)c1C. The number of methoxy groups -OCH3 is 1. The van der Waals surface area contributed by atoms with Gasteiger partial charge < -0.3 is 19.7 Å². The minimum atomic E-state index is -0.467. The molecule has 7 nitrogen and oxygen atoms in total. The summed E-state index contributed by atoms with van der Waals surface area (Å²) < 4.78 is 14.7. The van der Waals surface area contributed by atoms with E-state index in [1.165, 1.54) is 11.3 Å². The summed E-state index contributed by atoms with van der Waals surface area (Å²) >= 11 is 0. The van der Waals surface area contributed by atoms with Crippen LogP contribution in [0, 0.1) is 18.8 Å². The maximum Gasteiger partial charge on any atom is 0.225 e. The van der Waals surface area contributed by atoms with E-state index < -0.39 is 5.60 Å². The van der Waals surface area contributed by atoms with E-state index in [1.807, 2.05) is 12.1 Å². The zero-order valence-corrected chi connectivity index (χ0v) is 21.7. The van der Waals surface area contributed by atoms with E-state index in [1.54, 1.807) is 7.11 Å². The molecule has 3 fully saturated rings. The van der Waals surface area contributed by atoms with Crippen molar-refractivity contribution < 1.29 is 14.3 Å². The summed E-state index contributed by atoms with van der Waals surface area (Å²) in [4.78, 5) is 15.0. The molecule has 1 unspecified atom stereocenters. The first-order chi connectivity index (χ1) is 16.7. The van der Waals surface area contributed by atoms with E-state index in [0.717, 1.165) is 74.5 Å². The molecule has 4 heterocycles. The highest BCUT2D eigenvalue weighted by Gasteiger charge is 2.50. The lowest BCUT2D eigenvalue weighted by Gasteiger charge is -2.44. The Morgan fingerprint density at radius 3 is 2.66 bits per heavy atom. The maximum absolute atomic E-state index is 13.0. The summed E-state index contributed by atoms with van der Waals surface area (Å²) in [5.41, 5.74) is 4.13. The van der Waals surface area contributed by atoms with Gasteiger partial charge in [0, 0.05) is 60.3 Å². The summed E-state index contributed by atoms with van der Waals surface area (Å²) in [6.45, 7) is 11.4. The van der Waals surface area contributed by atoms with Crippen molar-refractivity contribution in [2.24, 2.45) is 11.8 Å². The smallest absolute Gasteiger partial charge is 0.225 e. The Morgan fingerprint density at radius 1 is 1.26 bits per heavy atom. The minimum Gasteiger partial charge on any atom is -0.497 e. The molecule has 2 saturated heterocycles. The first-order valence-corrected chi connectivity index (χ1v) is 13.2. The Labute approximate surface area is 208 Å². The highest BCUT2D eigenvalue weighted by molar-refractivity contribution is 5.82. The zero-order valence-electron chi connectivity index (χ0n) is 21.7. The quantitative estimate of drug-likeness (QED) is 0.707. The number of fused-ring (bicyclic) bond motifs is 4. The molecule has 3 atom stereocenters. The van der Waals surface area contributed by atoms with Crippen LogP contribution in [0.5, 0.6) is 11.5 Å². The van der Waals surface area contributed by atoms with Crippen LogP contribution in [0.15, 0.2) is 18.2 Å². The molecular weight excluding hydrogens is 440 g/mol. The standard InChI is InChI=1S/C28H38N4O3/c1-17-14-22(17)26(33)31-12-9-28(10-13-31)24-18(2)32(19-8-11-29-27(3,4)16-19)30-25(24)21-7-6-20(34-5)15-23(21)35-28/h6-7,15,17,19,22,29H,8-14,16H2,1-5H3/t17-,19?,22-/m0/s1. The number of aromatic nitrogens is 2. The normalized spacial score (nSPS) is 28.1. The number of hydrogen-bond donors (Lipinski definition) is 1. The summed E-state index contributed by atoms with van der Waals surface area (Å²) in [5.74, 6) is 2.71. The van der Waals surface area contributed by atoms with Crippen LogP contribution in [-0.2, 0) is 10.4 Å². The van der Waals surface area contributed by atoms with Crippen LogP contribution in [0.4, 0.5) is 0 Å². The predicted octanol–water partition coefficient (Wildman–Crippen LogP) is 4.44. The number of piperidine rings is 2. The molecule has 2 aromatic rings. The number of carbonyl (C=O) groups is 1. The number of carbonyl (C=O) groups excluding carboxylic acids is 1. The molecule has 4 aliphatic rings.